The van der Waals surface area contributed by atoms with Gasteiger partial charge in [0, 0.05) is 45.7 Å². The largest absolute Gasteiger partial charge is 0.453 e. The van der Waals surface area contributed by atoms with Crippen molar-refractivity contribution < 1.29 is 4.74 Å². The predicted octanol–water partition coefficient (Wildman–Crippen LogP) is 13.1. The van der Waals surface area contributed by atoms with Crippen LogP contribution in [-0.4, -0.2) is 13.4 Å². The Hall–Kier alpha value is -8.99. The molecule has 5 aliphatic heterocycles. The molecule has 0 N–H and O–H groups in total. The summed E-state index contributed by atoms with van der Waals surface area (Å²) >= 11 is 0. The second-order valence-corrected chi connectivity index (χ2v) is 19.9. The number of fused-ring (bicyclic) bond motifs is 6. The molecule has 334 valence electrons. The van der Waals surface area contributed by atoms with Gasteiger partial charge in [-0.3, -0.25) is 0 Å². The first-order valence-corrected chi connectivity index (χ1v) is 25.3. The maximum absolute atomic E-state index is 7.11. The SMILES string of the molecule is C1=CCC(c2ccc(N3c4ccc(-c5ccccc5)cc4B4c5cccc6c5N5c7c(cccc7B7c8cc(-c9ccccc9)ccc8N(c8ccc(-c9ccccc9)cc8)c8cc3c4c5c87)O6)cc2)C=C1. The number of benzene rings is 10. The van der Waals surface area contributed by atoms with Gasteiger partial charge in [-0.25, -0.2) is 0 Å². The maximum Gasteiger partial charge on any atom is 0.252 e. The van der Waals surface area contributed by atoms with Gasteiger partial charge in [-0.2, -0.15) is 0 Å². The van der Waals surface area contributed by atoms with Crippen molar-refractivity contribution in [2.24, 2.45) is 0 Å². The summed E-state index contributed by atoms with van der Waals surface area (Å²) < 4.78 is 7.11. The van der Waals surface area contributed by atoms with Gasteiger partial charge in [-0.15, -0.1) is 0 Å². The number of ether oxygens (including phenoxy) is 1. The Kier molecular flexibility index (Phi) is 8.43. The highest BCUT2D eigenvalue weighted by Gasteiger charge is 2.54. The van der Waals surface area contributed by atoms with E-state index in [0.29, 0.717) is 5.92 Å². The van der Waals surface area contributed by atoms with Crippen LogP contribution in [0.3, 0.4) is 0 Å². The quantitative estimate of drug-likeness (QED) is 0.155. The minimum absolute atomic E-state index is 0.0773. The highest BCUT2D eigenvalue weighted by molar-refractivity contribution is 7.05. The molecule has 6 heteroatoms. The lowest BCUT2D eigenvalue weighted by molar-refractivity contribution is 0.478. The number of para-hydroxylation sites is 2. The maximum atomic E-state index is 7.11. The zero-order valence-corrected chi connectivity index (χ0v) is 39.3. The molecule has 0 bridgehead atoms. The molecule has 0 fully saturated rings. The van der Waals surface area contributed by atoms with Crippen LogP contribution < -0.4 is 52.2 Å². The first kappa shape index (κ1) is 39.8. The fourth-order valence-electron chi connectivity index (χ4n) is 13.0. The minimum atomic E-state index is -0.0801. The van der Waals surface area contributed by atoms with Gasteiger partial charge in [0.25, 0.3) is 13.4 Å². The number of allylic oxidation sites excluding steroid dienone is 4. The topological polar surface area (TPSA) is 19.0 Å². The lowest BCUT2D eigenvalue weighted by Gasteiger charge is -2.52. The Morgan fingerprint density at radius 3 is 1.33 bits per heavy atom. The molecule has 10 aromatic carbocycles. The molecule has 16 rings (SSSR count). The van der Waals surface area contributed by atoms with E-state index in [2.05, 4.69) is 257 Å². The molecule has 6 aliphatic rings. The molecule has 72 heavy (non-hydrogen) atoms. The molecule has 0 radical (unpaired) electrons. The predicted molar refractivity (Wildman–Crippen MR) is 302 cm³/mol. The van der Waals surface area contributed by atoms with Crippen molar-refractivity contribution in [1.29, 1.82) is 0 Å². The van der Waals surface area contributed by atoms with Crippen LogP contribution in [0.25, 0.3) is 33.4 Å². The van der Waals surface area contributed by atoms with Gasteiger partial charge in [0.1, 0.15) is 0 Å². The number of anilines is 9. The zero-order chi connectivity index (χ0) is 47.0. The third-order valence-corrected chi connectivity index (χ3v) is 16.1. The van der Waals surface area contributed by atoms with Gasteiger partial charge in [0.2, 0.25) is 0 Å². The summed E-state index contributed by atoms with van der Waals surface area (Å²) in [5, 5.41) is 0. The normalized spacial score (nSPS) is 15.4. The molecule has 0 saturated heterocycles. The monoisotopic (exact) mass is 915 g/mol. The summed E-state index contributed by atoms with van der Waals surface area (Å²) in [6.45, 7) is -0.157. The molecule has 10 aromatic rings. The average molecular weight is 916 g/mol. The lowest BCUT2D eigenvalue weighted by Crippen LogP contribution is -2.69. The molecular formula is C66H43B2N3O. The summed E-state index contributed by atoms with van der Waals surface area (Å²) in [5.74, 6) is 2.14. The first-order chi connectivity index (χ1) is 35.7. The minimum Gasteiger partial charge on any atom is -0.453 e. The van der Waals surface area contributed by atoms with Crippen molar-refractivity contribution >= 4 is 97.4 Å². The van der Waals surface area contributed by atoms with Gasteiger partial charge >= 0.3 is 0 Å². The van der Waals surface area contributed by atoms with Crippen LogP contribution in [0.15, 0.2) is 243 Å². The van der Waals surface area contributed by atoms with E-state index in [1.54, 1.807) is 0 Å². The van der Waals surface area contributed by atoms with E-state index in [1.165, 1.54) is 100 Å². The third-order valence-electron chi connectivity index (χ3n) is 16.1. The van der Waals surface area contributed by atoms with E-state index in [4.69, 9.17) is 4.74 Å². The lowest BCUT2D eigenvalue weighted by atomic mass is 9.28. The molecule has 1 unspecified atom stereocenters. The molecular weight excluding hydrogens is 872 g/mol. The summed E-state index contributed by atoms with van der Waals surface area (Å²) in [6.07, 6.45) is 9.96. The third kappa shape index (κ3) is 5.66. The van der Waals surface area contributed by atoms with Gasteiger partial charge in [0.05, 0.1) is 11.4 Å². The Morgan fingerprint density at radius 2 is 0.833 bits per heavy atom. The Morgan fingerprint density at radius 1 is 0.361 bits per heavy atom. The van der Waals surface area contributed by atoms with Crippen molar-refractivity contribution in [2.45, 2.75) is 12.3 Å². The Labute approximate surface area is 420 Å². The Bertz CT molecular complexity index is 3930. The summed E-state index contributed by atoms with van der Waals surface area (Å²) in [7, 11) is 0. The van der Waals surface area contributed by atoms with Crippen LogP contribution in [0.5, 0.6) is 11.5 Å². The molecule has 0 spiro atoms. The number of hydrogen-bond donors (Lipinski definition) is 0. The van der Waals surface area contributed by atoms with E-state index in [9.17, 15) is 0 Å². The van der Waals surface area contributed by atoms with E-state index in [1.807, 2.05) is 0 Å². The number of hydrogen-bond acceptors (Lipinski definition) is 4. The van der Waals surface area contributed by atoms with Crippen LogP contribution >= 0.6 is 0 Å². The van der Waals surface area contributed by atoms with Gasteiger partial charge in [0.15, 0.2) is 11.5 Å². The molecule has 5 heterocycles. The highest BCUT2D eigenvalue weighted by atomic mass is 16.5. The van der Waals surface area contributed by atoms with Crippen molar-refractivity contribution in [3.05, 3.63) is 248 Å². The number of nitrogens with zero attached hydrogens (tertiary/aromatic N) is 3. The standard InChI is InChI=1S/C66H43B2N3O/c1-5-15-42(16-6-1)46-27-33-50(34-28-46)69-56-37-31-48(44-19-9-3-10-20-44)39-54(56)67-52-23-13-25-60-64(52)71-65-53(24-14-26-61(65)72-60)68-55-40-49(45-21-11-4-12-22-45)32-38-57(55)70(59-41-58(69)62(67)66(71)63(59)68)51-35-29-47(30-36-51)43-17-7-2-8-18-43/h1-17,19-41,43H,18H2. The van der Waals surface area contributed by atoms with Crippen LogP contribution in [0.1, 0.15) is 17.9 Å². The fraction of sp³-hybridized carbons (Fsp3) is 0.0303. The van der Waals surface area contributed by atoms with Crippen LogP contribution in [0.4, 0.5) is 51.2 Å². The van der Waals surface area contributed by atoms with E-state index in [0.717, 1.165) is 40.7 Å². The summed E-state index contributed by atoms with van der Waals surface area (Å²) in [4.78, 5) is 7.75. The second kappa shape index (κ2) is 15.3. The van der Waals surface area contributed by atoms with Crippen molar-refractivity contribution in [3.63, 3.8) is 0 Å². The summed E-state index contributed by atoms with van der Waals surface area (Å²) in [6, 6.07) is 81.4. The van der Waals surface area contributed by atoms with Crippen LogP contribution in [0, 0.1) is 0 Å². The van der Waals surface area contributed by atoms with E-state index < -0.39 is 0 Å². The molecule has 0 aromatic heterocycles. The fourth-order valence-corrected chi connectivity index (χ4v) is 13.0. The molecule has 1 aliphatic carbocycles. The molecule has 0 saturated carbocycles. The number of rotatable bonds is 6. The molecule has 1 atom stereocenters. The van der Waals surface area contributed by atoms with Crippen molar-refractivity contribution in [1.82, 2.24) is 0 Å². The van der Waals surface area contributed by atoms with Crippen molar-refractivity contribution in [3.8, 4) is 44.9 Å². The van der Waals surface area contributed by atoms with E-state index in [-0.39, 0.29) is 13.4 Å². The smallest absolute Gasteiger partial charge is 0.252 e. The van der Waals surface area contributed by atoms with Gasteiger partial charge in [-0.1, -0.05) is 188 Å². The second-order valence-electron chi connectivity index (χ2n) is 19.9. The molecule has 0 amide bonds. The van der Waals surface area contributed by atoms with Crippen LogP contribution in [0.2, 0.25) is 0 Å². The first-order valence-electron chi connectivity index (χ1n) is 25.3. The summed E-state index contributed by atoms with van der Waals surface area (Å²) in [5.41, 5.74) is 26.8. The average Bonchev–Trinajstić information content (AvgIpc) is 3.45. The highest BCUT2D eigenvalue weighted by Crippen LogP contribution is 2.56. The van der Waals surface area contributed by atoms with Gasteiger partial charge < -0.3 is 19.4 Å². The van der Waals surface area contributed by atoms with Crippen molar-refractivity contribution in [2.75, 3.05) is 14.7 Å². The Balaban J connectivity index is 1.02. The zero-order valence-electron chi connectivity index (χ0n) is 39.3. The van der Waals surface area contributed by atoms with E-state index >= 15 is 0 Å². The molecule has 4 nitrogen and oxygen atoms in total. The van der Waals surface area contributed by atoms with Gasteiger partial charge in [-0.05, 0) is 133 Å². The van der Waals surface area contributed by atoms with Crippen LogP contribution in [-0.2, 0) is 0 Å².